The highest BCUT2D eigenvalue weighted by molar-refractivity contribution is 7.91. The Hall–Kier alpha value is -3.31. The predicted octanol–water partition coefficient (Wildman–Crippen LogP) is 2.79. The lowest BCUT2D eigenvalue weighted by molar-refractivity contribution is 0.182. The lowest BCUT2D eigenvalue weighted by Gasteiger charge is -2.40. The van der Waals surface area contributed by atoms with Crippen molar-refractivity contribution in [1.82, 2.24) is 24.5 Å². The molecule has 11 heteroatoms. The van der Waals surface area contributed by atoms with Crippen molar-refractivity contribution >= 4 is 32.1 Å². The Morgan fingerprint density at radius 3 is 2.56 bits per heavy atom. The number of methoxy groups -OCH3 is 1. The minimum atomic E-state index is -2.86. The first-order chi connectivity index (χ1) is 17.4. The second-order valence-electron chi connectivity index (χ2n) is 9.41. The summed E-state index contributed by atoms with van der Waals surface area (Å²) in [5.74, 6) is 0.248. The lowest BCUT2D eigenvalue weighted by atomic mass is 10.0. The van der Waals surface area contributed by atoms with Crippen LogP contribution in [-0.2, 0) is 9.84 Å². The van der Waals surface area contributed by atoms with Gasteiger partial charge in [-0.1, -0.05) is 0 Å². The number of piperidine rings is 1. The third kappa shape index (κ3) is 4.16. The van der Waals surface area contributed by atoms with Crippen molar-refractivity contribution in [3.63, 3.8) is 0 Å². The summed E-state index contributed by atoms with van der Waals surface area (Å²) in [7, 11) is -1.42. The molecule has 0 spiro atoms. The summed E-state index contributed by atoms with van der Waals surface area (Å²) in [5.41, 5.74) is 3.94. The number of rotatable bonds is 4. The Balaban J connectivity index is 1.23. The largest absolute Gasteiger partial charge is 0.494 e. The zero-order valence-electron chi connectivity index (χ0n) is 20.0. The Morgan fingerprint density at radius 2 is 1.81 bits per heavy atom. The number of nitrogens with zero attached hydrogens (tertiary/aromatic N) is 6. The van der Waals surface area contributed by atoms with Gasteiger partial charge in [-0.25, -0.2) is 22.3 Å². The highest BCUT2D eigenvalue weighted by Crippen LogP contribution is 2.34. The van der Waals surface area contributed by atoms with Crippen LogP contribution in [0.25, 0.3) is 27.7 Å². The lowest BCUT2D eigenvalue weighted by Crippen LogP contribution is -2.50. The first-order valence-electron chi connectivity index (χ1n) is 12.1. The highest BCUT2D eigenvalue weighted by atomic mass is 32.2. The molecule has 0 atom stereocenters. The fourth-order valence-electron chi connectivity index (χ4n) is 5.34. The van der Waals surface area contributed by atoms with Crippen LogP contribution in [0.4, 0.5) is 10.1 Å². The number of halogens is 1. The average molecular weight is 511 g/mol. The molecule has 0 saturated carbocycles. The number of anilines is 1. The fraction of sp³-hybridized carbons (Fsp3) is 0.400. The van der Waals surface area contributed by atoms with E-state index in [0.29, 0.717) is 30.3 Å². The molecule has 0 bridgehead atoms. The van der Waals surface area contributed by atoms with Crippen LogP contribution >= 0.6 is 0 Å². The Morgan fingerprint density at radius 1 is 1.03 bits per heavy atom. The Bertz CT molecular complexity index is 1530. The number of ether oxygens (including phenoxy) is 1. The van der Waals surface area contributed by atoms with Gasteiger partial charge >= 0.3 is 0 Å². The molecule has 6 rings (SSSR count). The van der Waals surface area contributed by atoms with Crippen molar-refractivity contribution in [2.75, 3.05) is 49.7 Å². The second kappa shape index (κ2) is 8.97. The van der Waals surface area contributed by atoms with Crippen LogP contribution in [0.2, 0.25) is 0 Å². The summed E-state index contributed by atoms with van der Waals surface area (Å²) in [6, 6.07) is 5.34. The van der Waals surface area contributed by atoms with Gasteiger partial charge < -0.3 is 9.64 Å². The van der Waals surface area contributed by atoms with Gasteiger partial charge in [0.2, 0.25) is 0 Å². The molecule has 0 aliphatic carbocycles. The van der Waals surface area contributed by atoms with E-state index in [0.717, 1.165) is 48.1 Å². The van der Waals surface area contributed by atoms with Crippen molar-refractivity contribution in [3.05, 3.63) is 48.8 Å². The van der Waals surface area contributed by atoms with Gasteiger partial charge in [0.25, 0.3) is 0 Å². The molecule has 2 aliphatic rings. The van der Waals surface area contributed by atoms with E-state index in [1.165, 1.54) is 13.2 Å². The van der Waals surface area contributed by atoms with E-state index in [4.69, 9.17) is 9.72 Å². The number of hydrogen-bond acceptors (Lipinski definition) is 8. The third-order valence-electron chi connectivity index (χ3n) is 7.37. The Labute approximate surface area is 208 Å². The van der Waals surface area contributed by atoms with Crippen LogP contribution in [0.15, 0.2) is 43.0 Å². The molecule has 2 saturated heterocycles. The van der Waals surface area contributed by atoms with E-state index in [2.05, 4.69) is 19.9 Å². The van der Waals surface area contributed by atoms with E-state index in [1.54, 1.807) is 23.0 Å². The summed E-state index contributed by atoms with van der Waals surface area (Å²) >= 11 is 0. The molecule has 36 heavy (non-hydrogen) atoms. The number of sulfone groups is 1. The summed E-state index contributed by atoms with van der Waals surface area (Å²) in [6.45, 7) is 3.04. The monoisotopic (exact) mass is 510 g/mol. The van der Waals surface area contributed by atoms with Crippen LogP contribution in [0.3, 0.4) is 0 Å². The first-order valence-corrected chi connectivity index (χ1v) is 13.9. The molecule has 0 radical (unpaired) electrons. The van der Waals surface area contributed by atoms with Crippen molar-refractivity contribution in [2.24, 2.45) is 0 Å². The highest BCUT2D eigenvalue weighted by Gasteiger charge is 2.30. The predicted molar refractivity (Wildman–Crippen MR) is 136 cm³/mol. The van der Waals surface area contributed by atoms with Crippen LogP contribution in [0.1, 0.15) is 12.8 Å². The molecule has 0 amide bonds. The molecule has 2 aliphatic heterocycles. The molecule has 0 N–H and O–H groups in total. The maximum atomic E-state index is 14.2. The van der Waals surface area contributed by atoms with Gasteiger partial charge in [-0.2, -0.15) is 5.10 Å². The van der Waals surface area contributed by atoms with E-state index in [-0.39, 0.29) is 17.3 Å². The zero-order valence-corrected chi connectivity index (χ0v) is 20.8. The number of pyridine rings is 1. The van der Waals surface area contributed by atoms with Gasteiger partial charge in [-0.15, -0.1) is 0 Å². The molecule has 9 nitrogen and oxygen atoms in total. The van der Waals surface area contributed by atoms with Crippen LogP contribution in [0.5, 0.6) is 5.75 Å². The van der Waals surface area contributed by atoms with Crippen molar-refractivity contribution in [1.29, 1.82) is 0 Å². The van der Waals surface area contributed by atoms with Gasteiger partial charge in [0.1, 0.15) is 0 Å². The van der Waals surface area contributed by atoms with Gasteiger partial charge in [-0.3, -0.25) is 9.88 Å². The van der Waals surface area contributed by atoms with Crippen molar-refractivity contribution < 1.29 is 17.5 Å². The van der Waals surface area contributed by atoms with E-state index in [1.807, 2.05) is 18.5 Å². The van der Waals surface area contributed by atoms with E-state index in [9.17, 15) is 12.8 Å². The normalized spacial score (nSPS) is 19.2. The Kier molecular flexibility index (Phi) is 5.76. The molecular formula is C25H27FN6O3S. The molecule has 5 heterocycles. The SMILES string of the molecule is COc1cc2c(-c3cnn4cc(N5CCC(N6CCS(=O)(=O)CC6)CC5)cnc34)ccnc2cc1F. The van der Waals surface area contributed by atoms with Gasteiger partial charge in [0, 0.05) is 55.4 Å². The molecular weight excluding hydrogens is 483 g/mol. The molecule has 188 valence electrons. The van der Waals surface area contributed by atoms with Crippen molar-refractivity contribution in [3.8, 4) is 16.9 Å². The zero-order chi connectivity index (χ0) is 24.9. The molecule has 0 unspecified atom stereocenters. The number of aromatic nitrogens is 4. The topological polar surface area (TPSA) is 92.9 Å². The van der Waals surface area contributed by atoms with E-state index >= 15 is 0 Å². The second-order valence-corrected chi connectivity index (χ2v) is 11.7. The molecule has 1 aromatic carbocycles. The fourth-order valence-corrected chi connectivity index (χ4v) is 6.57. The summed E-state index contributed by atoms with van der Waals surface area (Å²) in [4.78, 5) is 13.7. The minimum Gasteiger partial charge on any atom is -0.494 e. The summed E-state index contributed by atoms with van der Waals surface area (Å²) in [6.07, 6.45) is 9.27. The summed E-state index contributed by atoms with van der Waals surface area (Å²) < 4.78 is 44.7. The molecule has 3 aromatic heterocycles. The van der Waals surface area contributed by atoms with Crippen LogP contribution in [0, 0.1) is 5.82 Å². The van der Waals surface area contributed by atoms with Crippen LogP contribution < -0.4 is 9.64 Å². The quantitative estimate of drug-likeness (QED) is 0.414. The third-order valence-corrected chi connectivity index (χ3v) is 8.98. The van der Waals surface area contributed by atoms with E-state index < -0.39 is 15.7 Å². The minimum absolute atomic E-state index is 0.165. The van der Waals surface area contributed by atoms with Crippen LogP contribution in [-0.4, -0.2) is 83.7 Å². The maximum absolute atomic E-state index is 14.2. The van der Waals surface area contributed by atoms with Gasteiger partial charge in [0.05, 0.1) is 48.4 Å². The smallest absolute Gasteiger partial charge is 0.167 e. The molecule has 2 fully saturated rings. The first kappa shape index (κ1) is 23.1. The average Bonchev–Trinajstić information content (AvgIpc) is 3.31. The standard InChI is InChI=1S/C25H27FN6O3S/c1-35-24-12-20-19(2-5-27-23(20)13-22(24)26)21-15-29-32-16-18(14-28-25(21)32)30-6-3-17(4-7-30)31-8-10-36(33,34)11-9-31/h2,5,12-17H,3-4,6-11H2,1H3. The van der Waals surface area contributed by atoms with Gasteiger partial charge in [-0.05, 0) is 30.5 Å². The number of hydrogen-bond donors (Lipinski definition) is 0. The van der Waals surface area contributed by atoms with Gasteiger partial charge in [0.15, 0.2) is 27.1 Å². The maximum Gasteiger partial charge on any atom is 0.167 e. The molecule has 4 aromatic rings. The van der Waals surface area contributed by atoms with Crippen molar-refractivity contribution in [2.45, 2.75) is 18.9 Å². The number of fused-ring (bicyclic) bond motifs is 2. The number of benzene rings is 1. The summed E-state index contributed by atoms with van der Waals surface area (Å²) in [5, 5.41) is 5.32.